The molecule has 0 radical (unpaired) electrons. The fourth-order valence-corrected chi connectivity index (χ4v) is 4.22. The molecular formula is C23H31N5O. The van der Waals surface area contributed by atoms with Crippen LogP contribution in [-0.4, -0.2) is 60.0 Å². The molecule has 2 fully saturated rings. The molecule has 2 saturated heterocycles. The van der Waals surface area contributed by atoms with E-state index in [4.69, 9.17) is 0 Å². The third-order valence-electron chi connectivity index (χ3n) is 6.08. The van der Waals surface area contributed by atoms with Gasteiger partial charge in [0.1, 0.15) is 17.3 Å². The molecule has 0 bridgehead atoms. The minimum Gasteiger partial charge on any atom is -0.368 e. The molecule has 3 heterocycles. The Morgan fingerprint density at radius 2 is 1.62 bits per heavy atom. The lowest BCUT2D eigenvalue weighted by atomic mass is 9.99. The maximum Gasteiger partial charge on any atom is 0.272 e. The Labute approximate surface area is 173 Å². The summed E-state index contributed by atoms with van der Waals surface area (Å²) in [6.07, 6.45) is 2.15. The van der Waals surface area contributed by atoms with Gasteiger partial charge in [-0.2, -0.15) is 0 Å². The van der Waals surface area contributed by atoms with Gasteiger partial charge in [-0.05, 0) is 50.3 Å². The number of aromatic nitrogens is 2. The minimum atomic E-state index is 0.0436. The molecule has 29 heavy (non-hydrogen) atoms. The van der Waals surface area contributed by atoms with Gasteiger partial charge >= 0.3 is 0 Å². The van der Waals surface area contributed by atoms with Crippen LogP contribution in [0.2, 0.25) is 0 Å². The van der Waals surface area contributed by atoms with Gasteiger partial charge in [-0.1, -0.05) is 19.1 Å². The maximum absolute atomic E-state index is 13.0. The Kier molecular flexibility index (Phi) is 5.69. The lowest BCUT2D eigenvalue weighted by Gasteiger charge is -2.37. The van der Waals surface area contributed by atoms with Gasteiger partial charge in [0.2, 0.25) is 0 Å². The highest BCUT2D eigenvalue weighted by Crippen LogP contribution is 2.22. The monoisotopic (exact) mass is 393 g/mol. The predicted octanol–water partition coefficient (Wildman–Crippen LogP) is 3.29. The summed E-state index contributed by atoms with van der Waals surface area (Å²) < 4.78 is 0. The van der Waals surface area contributed by atoms with E-state index in [1.54, 1.807) is 0 Å². The van der Waals surface area contributed by atoms with Crippen molar-refractivity contribution in [3.05, 3.63) is 47.4 Å². The van der Waals surface area contributed by atoms with Crippen molar-refractivity contribution in [2.45, 2.75) is 33.6 Å². The molecule has 0 unspecified atom stereocenters. The quantitative estimate of drug-likeness (QED) is 0.801. The van der Waals surface area contributed by atoms with Crippen LogP contribution in [0.25, 0.3) is 0 Å². The molecule has 0 N–H and O–H groups in total. The number of likely N-dealkylation sites (tertiary alicyclic amines) is 1. The summed E-state index contributed by atoms with van der Waals surface area (Å²) in [6, 6.07) is 10.5. The van der Waals surface area contributed by atoms with Crippen molar-refractivity contribution in [2.75, 3.05) is 49.1 Å². The van der Waals surface area contributed by atoms with Gasteiger partial charge in [-0.3, -0.25) is 4.79 Å². The minimum absolute atomic E-state index is 0.0436. The standard InChI is InChI=1S/C23H31N5O/c1-17-7-9-28(10-8-17)23(29)21-16-22(25-19(3)24-21)27-13-11-26(12-14-27)20-6-4-5-18(2)15-20/h4-6,15-17H,7-14H2,1-3H3. The lowest BCUT2D eigenvalue weighted by Crippen LogP contribution is -2.47. The molecule has 6 nitrogen and oxygen atoms in total. The highest BCUT2D eigenvalue weighted by atomic mass is 16.2. The predicted molar refractivity (Wildman–Crippen MR) is 117 cm³/mol. The largest absolute Gasteiger partial charge is 0.368 e. The Bertz CT molecular complexity index is 867. The van der Waals surface area contributed by atoms with Crippen LogP contribution < -0.4 is 9.80 Å². The second-order valence-corrected chi connectivity index (χ2v) is 8.45. The zero-order valence-electron chi connectivity index (χ0n) is 17.8. The van der Waals surface area contributed by atoms with Gasteiger partial charge < -0.3 is 14.7 Å². The Morgan fingerprint density at radius 3 is 2.31 bits per heavy atom. The van der Waals surface area contributed by atoms with Crippen LogP contribution in [0.5, 0.6) is 0 Å². The number of hydrogen-bond acceptors (Lipinski definition) is 5. The summed E-state index contributed by atoms with van der Waals surface area (Å²) in [5.74, 6) is 2.28. The Balaban J connectivity index is 1.45. The van der Waals surface area contributed by atoms with Crippen molar-refractivity contribution in [3.8, 4) is 0 Å². The number of carbonyl (C=O) groups is 1. The van der Waals surface area contributed by atoms with Crippen molar-refractivity contribution in [2.24, 2.45) is 5.92 Å². The number of aryl methyl sites for hydroxylation is 2. The van der Waals surface area contributed by atoms with E-state index in [1.807, 2.05) is 17.9 Å². The number of amides is 1. The second-order valence-electron chi connectivity index (χ2n) is 8.45. The van der Waals surface area contributed by atoms with Crippen molar-refractivity contribution in [1.29, 1.82) is 0 Å². The SMILES string of the molecule is Cc1cccc(N2CCN(c3cc(C(=O)N4CCC(C)CC4)nc(C)n3)CC2)c1. The average Bonchev–Trinajstić information content (AvgIpc) is 2.73. The molecule has 0 spiro atoms. The average molecular weight is 394 g/mol. The molecule has 4 rings (SSSR count). The van der Waals surface area contributed by atoms with Crippen molar-refractivity contribution < 1.29 is 4.79 Å². The van der Waals surface area contributed by atoms with E-state index in [-0.39, 0.29) is 5.91 Å². The second kappa shape index (κ2) is 8.39. The molecule has 2 aliphatic rings. The van der Waals surface area contributed by atoms with Crippen LogP contribution in [-0.2, 0) is 0 Å². The number of nitrogens with zero attached hydrogens (tertiary/aromatic N) is 5. The first-order valence-electron chi connectivity index (χ1n) is 10.7. The molecule has 1 amide bonds. The fourth-order valence-electron chi connectivity index (χ4n) is 4.22. The van der Waals surface area contributed by atoms with E-state index in [0.29, 0.717) is 17.4 Å². The summed E-state index contributed by atoms with van der Waals surface area (Å²) in [4.78, 5) is 28.7. The third-order valence-corrected chi connectivity index (χ3v) is 6.08. The van der Waals surface area contributed by atoms with E-state index in [1.165, 1.54) is 11.3 Å². The van der Waals surface area contributed by atoms with E-state index in [0.717, 1.165) is 57.9 Å². The highest BCUT2D eigenvalue weighted by molar-refractivity contribution is 5.93. The highest BCUT2D eigenvalue weighted by Gasteiger charge is 2.25. The van der Waals surface area contributed by atoms with E-state index < -0.39 is 0 Å². The molecule has 0 saturated carbocycles. The number of piperidine rings is 1. The summed E-state index contributed by atoms with van der Waals surface area (Å²) in [7, 11) is 0. The van der Waals surface area contributed by atoms with Crippen molar-refractivity contribution >= 4 is 17.4 Å². The number of carbonyl (C=O) groups excluding carboxylic acids is 1. The van der Waals surface area contributed by atoms with Crippen LogP contribution in [0, 0.1) is 19.8 Å². The topological polar surface area (TPSA) is 52.6 Å². The summed E-state index contributed by atoms with van der Waals surface area (Å²) in [6.45, 7) is 11.6. The van der Waals surface area contributed by atoms with Crippen molar-refractivity contribution in [1.82, 2.24) is 14.9 Å². The van der Waals surface area contributed by atoms with Crippen LogP contribution >= 0.6 is 0 Å². The van der Waals surface area contributed by atoms with E-state index in [9.17, 15) is 4.79 Å². The van der Waals surface area contributed by atoms with Gasteiger partial charge in [0.05, 0.1) is 0 Å². The normalized spacial score (nSPS) is 18.2. The summed E-state index contributed by atoms with van der Waals surface area (Å²) >= 11 is 0. The number of rotatable bonds is 3. The molecule has 2 aromatic rings. The Morgan fingerprint density at radius 1 is 0.931 bits per heavy atom. The van der Waals surface area contributed by atoms with Crippen molar-refractivity contribution in [3.63, 3.8) is 0 Å². The first-order chi connectivity index (χ1) is 14.0. The molecule has 2 aliphatic heterocycles. The van der Waals surface area contributed by atoms with Gasteiger partial charge in [0.15, 0.2) is 0 Å². The molecule has 1 aromatic heterocycles. The Hall–Kier alpha value is -2.63. The van der Waals surface area contributed by atoms with Gasteiger partial charge in [-0.15, -0.1) is 0 Å². The number of piperazine rings is 1. The lowest BCUT2D eigenvalue weighted by molar-refractivity contribution is 0.0691. The van der Waals surface area contributed by atoms with Gasteiger partial charge in [0, 0.05) is 51.0 Å². The molecule has 0 atom stereocenters. The molecule has 154 valence electrons. The van der Waals surface area contributed by atoms with Crippen LogP contribution in [0.4, 0.5) is 11.5 Å². The van der Waals surface area contributed by atoms with Crippen LogP contribution in [0.1, 0.15) is 41.6 Å². The molecule has 1 aromatic carbocycles. The first kappa shape index (κ1) is 19.7. The van der Waals surface area contributed by atoms with E-state index in [2.05, 4.69) is 57.9 Å². The number of benzene rings is 1. The fraction of sp³-hybridized carbons (Fsp3) is 0.522. The number of anilines is 2. The summed E-state index contributed by atoms with van der Waals surface area (Å²) in [5.41, 5.74) is 3.09. The molecule has 6 heteroatoms. The van der Waals surface area contributed by atoms with Crippen LogP contribution in [0.15, 0.2) is 30.3 Å². The molecule has 0 aliphatic carbocycles. The van der Waals surface area contributed by atoms with Crippen LogP contribution in [0.3, 0.4) is 0 Å². The first-order valence-corrected chi connectivity index (χ1v) is 10.7. The van der Waals surface area contributed by atoms with Gasteiger partial charge in [-0.25, -0.2) is 9.97 Å². The smallest absolute Gasteiger partial charge is 0.272 e. The zero-order valence-corrected chi connectivity index (χ0v) is 17.8. The summed E-state index contributed by atoms with van der Waals surface area (Å²) in [5, 5.41) is 0. The number of hydrogen-bond donors (Lipinski definition) is 0. The maximum atomic E-state index is 13.0. The third kappa shape index (κ3) is 4.52. The van der Waals surface area contributed by atoms with Gasteiger partial charge in [0.25, 0.3) is 5.91 Å². The zero-order chi connectivity index (χ0) is 20.4. The van der Waals surface area contributed by atoms with E-state index >= 15 is 0 Å². The molecular weight excluding hydrogens is 362 g/mol.